The van der Waals surface area contributed by atoms with Crippen molar-refractivity contribution in [2.75, 3.05) is 39.8 Å². The Hall–Kier alpha value is -3.49. The fourth-order valence-corrected chi connectivity index (χ4v) is 4.85. The predicted molar refractivity (Wildman–Crippen MR) is 133 cm³/mol. The Bertz CT molecular complexity index is 1170. The van der Waals surface area contributed by atoms with Gasteiger partial charge in [0.1, 0.15) is 0 Å². The van der Waals surface area contributed by atoms with E-state index in [0.29, 0.717) is 38.6 Å². The Morgan fingerprint density at radius 3 is 2.60 bits per heavy atom. The second kappa shape index (κ2) is 10.4. The number of aliphatic hydroxyl groups excluding tert-OH is 1. The van der Waals surface area contributed by atoms with E-state index in [1.165, 1.54) is 11.1 Å². The zero-order valence-corrected chi connectivity index (χ0v) is 20.0. The van der Waals surface area contributed by atoms with Crippen LogP contribution in [0.3, 0.4) is 0 Å². The number of aliphatic hydroxyl groups is 1. The standard InChI is InChI=1S/C27H31N5O3/c1-35-26-14-21(8-10-28-26)22-6-7-24(29-15-22)17-31-12-13-32(27(31)34)19-25(33)18-30-11-9-20-4-2-3-5-23(20)16-30/h2-8,10,14-15,25,33H,9,11-13,16-19H2,1H3. The molecule has 35 heavy (non-hydrogen) atoms. The van der Waals surface area contributed by atoms with Gasteiger partial charge in [0.25, 0.3) is 0 Å². The van der Waals surface area contributed by atoms with Crippen molar-refractivity contribution >= 4 is 6.03 Å². The van der Waals surface area contributed by atoms with Crippen molar-refractivity contribution in [2.45, 2.75) is 25.6 Å². The van der Waals surface area contributed by atoms with Gasteiger partial charge >= 0.3 is 6.03 Å². The quantitative estimate of drug-likeness (QED) is 0.542. The van der Waals surface area contributed by atoms with Gasteiger partial charge in [-0.1, -0.05) is 30.3 Å². The molecule has 0 spiro atoms. The number of carbonyl (C=O) groups excluding carboxylic acids is 1. The maximum Gasteiger partial charge on any atom is 0.320 e. The fourth-order valence-electron chi connectivity index (χ4n) is 4.85. The lowest BCUT2D eigenvalue weighted by molar-refractivity contribution is 0.0812. The number of β-amino-alcohol motifs (C(OH)–C–C–N with tert-alkyl or cyclic N) is 1. The lowest BCUT2D eigenvalue weighted by Gasteiger charge is -2.31. The van der Waals surface area contributed by atoms with E-state index in [1.54, 1.807) is 23.1 Å². The van der Waals surface area contributed by atoms with Crippen LogP contribution in [0.5, 0.6) is 5.88 Å². The van der Waals surface area contributed by atoms with Crippen LogP contribution < -0.4 is 4.74 Å². The van der Waals surface area contributed by atoms with Gasteiger partial charge in [0.15, 0.2) is 0 Å². The molecule has 2 aromatic heterocycles. The average molecular weight is 474 g/mol. The minimum atomic E-state index is -0.570. The molecule has 5 rings (SSSR count). The molecule has 0 radical (unpaired) electrons. The highest BCUT2D eigenvalue weighted by molar-refractivity contribution is 5.76. The molecule has 0 saturated carbocycles. The van der Waals surface area contributed by atoms with Crippen molar-refractivity contribution in [1.29, 1.82) is 0 Å². The van der Waals surface area contributed by atoms with Crippen LogP contribution >= 0.6 is 0 Å². The molecular weight excluding hydrogens is 442 g/mol. The smallest absolute Gasteiger partial charge is 0.320 e. The molecule has 182 valence electrons. The molecular formula is C27H31N5O3. The maximum atomic E-state index is 12.9. The number of carbonyl (C=O) groups is 1. The number of hydrogen-bond acceptors (Lipinski definition) is 6. The van der Waals surface area contributed by atoms with Crippen molar-refractivity contribution in [1.82, 2.24) is 24.7 Å². The first-order valence-electron chi connectivity index (χ1n) is 12.1. The van der Waals surface area contributed by atoms with Gasteiger partial charge in [0.05, 0.1) is 25.5 Å². The van der Waals surface area contributed by atoms with Crippen LogP contribution in [0.4, 0.5) is 4.79 Å². The minimum absolute atomic E-state index is 0.0437. The zero-order chi connectivity index (χ0) is 24.2. The number of rotatable bonds is 8. The Labute approximate surface area is 205 Å². The van der Waals surface area contributed by atoms with Crippen molar-refractivity contribution in [3.63, 3.8) is 0 Å². The van der Waals surface area contributed by atoms with Crippen LogP contribution in [0.1, 0.15) is 16.8 Å². The molecule has 4 heterocycles. The van der Waals surface area contributed by atoms with E-state index >= 15 is 0 Å². The number of methoxy groups -OCH3 is 1. The first-order valence-corrected chi connectivity index (χ1v) is 12.1. The van der Waals surface area contributed by atoms with Crippen molar-refractivity contribution < 1.29 is 14.6 Å². The van der Waals surface area contributed by atoms with E-state index in [0.717, 1.165) is 36.3 Å². The van der Waals surface area contributed by atoms with Gasteiger partial charge in [-0.25, -0.2) is 9.78 Å². The van der Waals surface area contributed by atoms with Gasteiger partial charge in [-0.05, 0) is 35.2 Å². The minimum Gasteiger partial charge on any atom is -0.481 e. The molecule has 8 nitrogen and oxygen atoms in total. The Morgan fingerprint density at radius 1 is 0.971 bits per heavy atom. The van der Waals surface area contributed by atoms with E-state index in [-0.39, 0.29) is 6.03 Å². The summed E-state index contributed by atoms with van der Waals surface area (Å²) in [6.07, 6.45) is 3.94. The van der Waals surface area contributed by atoms with Crippen LogP contribution in [-0.4, -0.2) is 81.7 Å². The highest BCUT2D eigenvalue weighted by atomic mass is 16.5. The normalized spacial score (nSPS) is 16.9. The predicted octanol–water partition coefficient (Wildman–Crippen LogP) is 2.81. The van der Waals surface area contributed by atoms with Gasteiger partial charge in [-0.3, -0.25) is 9.88 Å². The third-order valence-corrected chi connectivity index (χ3v) is 6.75. The molecule has 2 aliphatic rings. The summed E-state index contributed by atoms with van der Waals surface area (Å²) >= 11 is 0. The van der Waals surface area contributed by atoms with E-state index in [4.69, 9.17) is 4.74 Å². The Balaban J connectivity index is 1.13. The molecule has 0 aliphatic carbocycles. The van der Waals surface area contributed by atoms with Crippen LogP contribution in [0, 0.1) is 0 Å². The molecule has 1 saturated heterocycles. The first-order chi connectivity index (χ1) is 17.1. The third-order valence-electron chi connectivity index (χ3n) is 6.75. The van der Waals surface area contributed by atoms with Crippen molar-refractivity contribution in [3.8, 4) is 17.0 Å². The van der Waals surface area contributed by atoms with Crippen LogP contribution in [0.15, 0.2) is 60.9 Å². The van der Waals surface area contributed by atoms with Crippen LogP contribution in [-0.2, 0) is 19.5 Å². The summed E-state index contributed by atoms with van der Waals surface area (Å²) in [5.41, 5.74) is 5.50. The largest absolute Gasteiger partial charge is 0.481 e. The van der Waals surface area contributed by atoms with E-state index in [9.17, 15) is 9.90 Å². The topological polar surface area (TPSA) is 82.0 Å². The lowest BCUT2D eigenvalue weighted by Crippen LogP contribution is -2.43. The number of aromatic nitrogens is 2. The summed E-state index contributed by atoms with van der Waals surface area (Å²) < 4.78 is 5.19. The molecule has 2 amide bonds. The third kappa shape index (κ3) is 5.44. The lowest BCUT2D eigenvalue weighted by atomic mass is 10.00. The fraction of sp³-hybridized carbons (Fsp3) is 0.370. The number of urea groups is 1. The average Bonchev–Trinajstić information content (AvgIpc) is 3.22. The second-order valence-corrected chi connectivity index (χ2v) is 9.18. The molecule has 0 bridgehead atoms. The molecule has 2 aliphatic heterocycles. The monoisotopic (exact) mass is 473 g/mol. The summed E-state index contributed by atoms with van der Waals surface area (Å²) in [6.45, 7) is 4.41. The first kappa shape index (κ1) is 23.3. The molecule has 3 aromatic rings. The number of nitrogens with zero attached hydrogens (tertiary/aromatic N) is 5. The van der Waals surface area contributed by atoms with Crippen molar-refractivity contribution in [2.24, 2.45) is 0 Å². The van der Waals surface area contributed by atoms with E-state index < -0.39 is 6.10 Å². The summed E-state index contributed by atoms with van der Waals surface area (Å²) in [5, 5.41) is 10.7. The van der Waals surface area contributed by atoms with Gasteiger partial charge in [0, 0.05) is 63.3 Å². The van der Waals surface area contributed by atoms with Gasteiger partial charge in [0.2, 0.25) is 5.88 Å². The zero-order valence-electron chi connectivity index (χ0n) is 20.0. The van der Waals surface area contributed by atoms with E-state index in [1.807, 2.05) is 30.5 Å². The molecule has 1 fully saturated rings. The van der Waals surface area contributed by atoms with Gasteiger partial charge < -0.3 is 19.6 Å². The highest BCUT2D eigenvalue weighted by Crippen LogP contribution is 2.23. The summed E-state index contributed by atoms with van der Waals surface area (Å²) in [7, 11) is 1.59. The molecule has 1 N–H and O–H groups in total. The maximum absolute atomic E-state index is 12.9. The summed E-state index contributed by atoms with van der Waals surface area (Å²) in [4.78, 5) is 27.5. The van der Waals surface area contributed by atoms with Gasteiger partial charge in [-0.15, -0.1) is 0 Å². The van der Waals surface area contributed by atoms with E-state index in [2.05, 4.69) is 39.1 Å². The number of hydrogen-bond donors (Lipinski definition) is 1. The Kier molecular flexibility index (Phi) is 6.92. The van der Waals surface area contributed by atoms with Crippen LogP contribution in [0.25, 0.3) is 11.1 Å². The highest BCUT2D eigenvalue weighted by Gasteiger charge is 2.30. The number of pyridine rings is 2. The summed E-state index contributed by atoms with van der Waals surface area (Å²) in [6, 6.07) is 16.2. The number of fused-ring (bicyclic) bond motifs is 1. The number of benzene rings is 1. The molecule has 1 atom stereocenters. The molecule has 1 unspecified atom stereocenters. The number of amides is 2. The van der Waals surface area contributed by atoms with Gasteiger partial charge in [-0.2, -0.15) is 0 Å². The molecule has 1 aromatic carbocycles. The second-order valence-electron chi connectivity index (χ2n) is 9.18. The SMILES string of the molecule is COc1cc(-c2ccc(CN3CCN(CC(O)CN4CCc5ccccc5C4)C3=O)nc2)ccn1. The number of ether oxygens (including phenoxy) is 1. The van der Waals surface area contributed by atoms with Crippen LogP contribution in [0.2, 0.25) is 0 Å². The van der Waals surface area contributed by atoms with Crippen molar-refractivity contribution in [3.05, 3.63) is 77.7 Å². The molecule has 8 heteroatoms. The Morgan fingerprint density at radius 2 is 1.80 bits per heavy atom. The summed E-state index contributed by atoms with van der Waals surface area (Å²) in [5.74, 6) is 0.557.